The van der Waals surface area contributed by atoms with E-state index < -0.39 is 23.3 Å². The van der Waals surface area contributed by atoms with E-state index in [9.17, 15) is 18.4 Å². The molecule has 102 valence electrons. The molecule has 0 bridgehead atoms. The summed E-state index contributed by atoms with van der Waals surface area (Å²) in [6.45, 7) is 0.257. The fourth-order valence-corrected chi connectivity index (χ4v) is 2.12. The van der Waals surface area contributed by atoms with E-state index in [2.05, 4.69) is 0 Å². The van der Waals surface area contributed by atoms with Gasteiger partial charge in [0.1, 0.15) is 11.6 Å². The van der Waals surface area contributed by atoms with Crippen LogP contribution in [0.25, 0.3) is 0 Å². The molecule has 1 aliphatic heterocycles. The van der Waals surface area contributed by atoms with Crippen molar-refractivity contribution in [1.29, 1.82) is 0 Å². The largest absolute Gasteiger partial charge is 0.396 e. The maximum Gasteiger partial charge on any atom is 0.299 e. The van der Waals surface area contributed by atoms with Gasteiger partial charge in [-0.25, -0.2) is 8.78 Å². The van der Waals surface area contributed by atoms with Crippen LogP contribution in [-0.4, -0.2) is 29.9 Å². The van der Waals surface area contributed by atoms with Gasteiger partial charge in [0.15, 0.2) is 0 Å². The number of hydrogen-bond donors (Lipinski definition) is 1. The fourth-order valence-electron chi connectivity index (χ4n) is 2.12. The van der Waals surface area contributed by atoms with Crippen molar-refractivity contribution >= 4 is 17.4 Å². The maximum absolute atomic E-state index is 13.5. The van der Waals surface area contributed by atoms with Gasteiger partial charge in [-0.05, 0) is 25.3 Å². The normalized spacial score (nSPS) is 14.2. The Hall–Kier alpha value is -1.82. The Kier molecular flexibility index (Phi) is 3.90. The first-order valence-corrected chi connectivity index (χ1v) is 6.02. The second-order valence-electron chi connectivity index (χ2n) is 4.35. The molecule has 1 amide bonds. The van der Waals surface area contributed by atoms with Gasteiger partial charge in [-0.3, -0.25) is 9.59 Å². The van der Waals surface area contributed by atoms with Crippen LogP contribution in [0.1, 0.15) is 29.6 Å². The highest BCUT2D eigenvalue weighted by molar-refractivity contribution is 6.52. The van der Waals surface area contributed by atoms with Gasteiger partial charge in [0.05, 0.1) is 11.3 Å². The lowest BCUT2D eigenvalue weighted by molar-refractivity contribution is -0.114. The van der Waals surface area contributed by atoms with E-state index in [4.69, 9.17) is 5.11 Å². The molecule has 0 unspecified atom stereocenters. The standard InChI is InChI=1S/C13H13F2NO3/c14-8-6-9(15)11-10(7-8)16(13(19)12(11)18)4-2-1-3-5-17/h6-7,17H,1-5H2. The first-order chi connectivity index (χ1) is 9.06. The number of fused-ring (bicyclic) bond motifs is 1. The molecule has 1 aromatic carbocycles. The Balaban J connectivity index is 2.23. The Bertz CT molecular complexity index is 531. The van der Waals surface area contributed by atoms with E-state index in [1.807, 2.05) is 0 Å². The lowest BCUT2D eigenvalue weighted by Gasteiger charge is -2.16. The summed E-state index contributed by atoms with van der Waals surface area (Å²) in [5.41, 5.74) is -0.356. The van der Waals surface area contributed by atoms with Crippen molar-refractivity contribution in [2.45, 2.75) is 19.3 Å². The molecule has 0 radical (unpaired) electrons. The average molecular weight is 269 g/mol. The second kappa shape index (κ2) is 5.44. The van der Waals surface area contributed by atoms with Crippen molar-refractivity contribution in [3.8, 4) is 0 Å². The Morgan fingerprint density at radius 3 is 2.53 bits per heavy atom. The molecule has 0 saturated carbocycles. The molecule has 1 aromatic rings. The molecular formula is C13H13F2NO3. The van der Waals surface area contributed by atoms with Crippen molar-refractivity contribution < 1.29 is 23.5 Å². The number of ketones is 1. The van der Waals surface area contributed by atoms with Gasteiger partial charge in [0.2, 0.25) is 0 Å². The third-order valence-corrected chi connectivity index (χ3v) is 3.03. The molecule has 2 rings (SSSR count). The van der Waals surface area contributed by atoms with Crippen molar-refractivity contribution in [2.75, 3.05) is 18.1 Å². The molecule has 19 heavy (non-hydrogen) atoms. The summed E-state index contributed by atoms with van der Waals surface area (Å²) in [7, 11) is 0. The van der Waals surface area contributed by atoms with E-state index in [-0.39, 0.29) is 24.4 Å². The number of hydrogen-bond acceptors (Lipinski definition) is 3. The van der Waals surface area contributed by atoms with Crippen LogP contribution >= 0.6 is 0 Å². The Labute approximate surface area is 108 Å². The molecule has 1 heterocycles. The highest BCUT2D eigenvalue weighted by Crippen LogP contribution is 2.32. The number of benzene rings is 1. The highest BCUT2D eigenvalue weighted by Gasteiger charge is 2.38. The zero-order valence-corrected chi connectivity index (χ0v) is 10.2. The van der Waals surface area contributed by atoms with Crippen molar-refractivity contribution in [3.05, 3.63) is 29.3 Å². The predicted octanol–water partition coefficient (Wildman–Crippen LogP) is 1.66. The maximum atomic E-state index is 13.5. The Morgan fingerprint density at radius 2 is 1.84 bits per heavy atom. The molecule has 0 spiro atoms. The summed E-state index contributed by atoms with van der Waals surface area (Å²) >= 11 is 0. The summed E-state index contributed by atoms with van der Waals surface area (Å²) in [6, 6.07) is 1.59. The van der Waals surface area contributed by atoms with Crippen molar-refractivity contribution in [1.82, 2.24) is 0 Å². The van der Waals surface area contributed by atoms with Gasteiger partial charge in [0.25, 0.3) is 11.7 Å². The van der Waals surface area contributed by atoms with E-state index in [1.165, 1.54) is 0 Å². The molecule has 0 saturated heterocycles. The minimum atomic E-state index is -1.01. The number of nitrogens with zero attached hydrogens (tertiary/aromatic N) is 1. The second-order valence-corrected chi connectivity index (χ2v) is 4.35. The molecule has 0 aromatic heterocycles. The van der Waals surface area contributed by atoms with Gasteiger partial charge in [0, 0.05) is 19.2 Å². The van der Waals surface area contributed by atoms with Crippen molar-refractivity contribution in [2.24, 2.45) is 0 Å². The Morgan fingerprint density at radius 1 is 1.11 bits per heavy atom. The summed E-state index contributed by atoms with van der Waals surface area (Å²) in [4.78, 5) is 24.5. The quantitative estimate of drug-likeness (QED) is 0.653. The topological polar surface area (TPSA) is 57.6 Å². The first kappa shape index (κ1) is 13.6. The molecule has 0 atom stereocenters. The van der Waals surface area contributed by atoms with Crippen LogP contribution in [0.3, 0.4) is 0 Å². The third-order valence-electron chi connectivity index (χ3n) is 3.03. The SMILES string of the molecule is O=C1C(=O)N(CCCCCO)c2cc(F)cc(F)c21. The van der Waals surface area contributed by atoms with E-state index >= 15 is 0 Å². The summed E-state index contributed by atoms with van der Waals surface area (Å²) in [6.07, 6.45) is 1.80. The number of halogens is 2. The lowest BCUT2D eigenvalue weighted by atomic mass is 10.1. The molecule has 1 aliphatic rings. The van der Waals surface area contributed by atoms with Gasteiger partial charge in [-0.2, -0.15) is 0 Å². The van der Waals surface area contributed by atoms with Crippen LogP contribution in [0.2, 0.25) is 0 Å². The minimum absolute atomic E-state index is 0.00324. The van der Waals surface area contributed by atoms with E-state index in [0.29, 0.717) is 25.3 Å². The molecule has 0 fully saturated rings. The number of carbonyl (C=O) groups is 2. The minimum Gasteiger partial charge on any atom is -0.396 e. The number of aliphatic hydroxyl groups is 1. The van der Waals surface area contributed by atoms with E-state index in [1.54, 1.807) is 0 Å². The highest BCUT2D eigenvalue weighted by atomic mass is 19.1. The van der Waals surface area contributed by atoms with Crippen LogP contribution in [0.15, 0.2) is 12.1 Å². The summed E-state index contributed by atoms with van der Waals surface area (Å²) in [5, 5.41) is 8.65. The molecule has 0 aliphatic carbocycles. The number of unbranched alkanes of at least 4 members (excludes halogenated alkanes) is 2. The van der Waals surface area contributed by atoms with Gasteiger partial charge >= 0.3 is 0 Å². The molecule has 1 N–H and O–H groups in total. The van der Waals surface area contributed by atoms with Gasteiger partial charge in [-0.15, -0.1) is 0 Å². The number of carbonyl (C=O) groups excluding carboxylic acids is 2. The zero-order chi connectivity index (χ0) is 14.0. The van der Waals surface area contributed by atoms with Crippen LogP contribution in [-0.2, 0) is 4.79 Å². The smallest absolute Gasteiger partial charge is 0.299 e. The van der Waals surface area contributed by atoms with E-state index in [0.717, 1.165) is 11.0 Å². The zero-order valence-electron chi connectivity index (χ0n) is 10.2. The number of anilines is 1. The molecular weight excluding hydrogens is 256 g/mol. The van der Waals surface area contributed by atoms with Crippen molar-refractivity contribution in [3.63, 3.8) is 0 Å². The number of amides is 1. The lowest BCUT2D eigenvalue weighted by Crippen LogP contribution is -2.30. The van der Waals surface area contributed by atoms with Crippen LogP contribution < -0.4 is 4.90 Å². The van der Waals surface area contributed by atoms with Gasteiger partial charge < -0.3 is 10.0 Å². The average Bonchev–Trinajstić information content (AvgIpc) is 2.59. The fraction of sp³-hybridized carbons (Fsp3) is 0.385. The third kappa shape index (κ3) is 2.49. The molecule has 4 nitrogen and oxygen atoms in total. The number of rotatable bonds is 5. The van der Waals surface area contributed by atoms with Crippen LogP contribution in [0.5, 0.6) is 0 Å². The summed E-state index contributed by atoms with van der Waals surface area (Å²) in [5.74, 6) is -3.59. The number of Topliss-reactive ketones (excluding diaryl/α,β-unsaturated/α-hetero) is 1. The molecule has 6 heteroatoms. The van der Waals surface area contributed by atoms with Crippen LogP contribution in [0, 0.1) is 11.6 Å². The predicted molar refractivity (Wildman–Crippen MR) is 64.0 cm³/mol. The van der Waals surface area contributed by atoms with Gasteiger partial charge in [-0.1, -0.05) is 0 Å². The monoisotopic (exact) mass is 269 g/mol. The summed E-state index contributed by atoms with van der Waals surface area (Å²) < 4.78 is 26.7. The van der Waals surface area contributed by atoms with Crippen LogP contribution in [0.4, 0.5) is 14.5 Å². The first-order valence-electron chi connectivity index (χ1n) is 6.02. The number of aliphatic hydroxyl groups excluding tert-OH is 1.